The Kier molecular flexibility index (Phi) is 7.35. The predicted octanol–water partition coefficient (Wildman–Crippen LogP) is 5.30. The molecule has 29 heavy (non-hydrogen) atoms. The van der Waals surface area contributed by atoms with Crippen LogP contribution < -0.4 is 14.2 Å². The predicted molar refractivity (Wildman–Crippen MR) is 118 cm³/mol. The first kappa shape index (κ1) is 23.2. The van der Waals surface area contributed by atoms with Gasteiger partial charge in [-0.05, 0) is 78.3 Å². The smallest absolute Gasteiger partial charge is 0.241 e. The lowest BCUT2D eigenvalue weighted by atomic mass is 9.94. The summed E-state index contributed by atoms with van der Waals surface area (Å²) < 4.78 is 39.8. The van der Waals surface area contributed by atoms with Crippen molar-refractivity contribution in [3.05, 3.63) is 52.6 Å². The third kappa shape index (κ3) is 5.11. The number of sulfonamides is 1. The van der Waals surface area contributed by atoms with Crippen molar-refractivity contribution in [3.63, 3.8) is 0 Å². The zero-order chi connectivity index (χ0) is 21.9. The zero-order valence-corrected chi connectivity index (χ0v) is 19.5. The standard InChI is InChI=1S/C23H33NO4S/c1-14(2)19-12-18(9-10-22(19)27-7)29(25,26)24-17(6)21-13-20(15(3)4)23(28-8)11-16(21)5/h9-15,17,24H,1-8H3. The van der Waals surface area contributed by atoms with Crippen molar-refractivity contribution in [3.8, 4) is 11.5 Å². The molecule has 2 aromatic rings. The molecule has 0 aliphatic carbocycles. The van der Waals surface area contributed by atoms with Crippen LogP contribution in [-0.2, 0) is 10.0 Å². The molecule has 2 rings (SSSR count). The number of rotatable bonds is 8. The Morgan fingerprint density at radius 3 is 1.86 bits per heavy atom. The molecule has 1 atom stereocenters. The summed E-state index contributed by atoms with van der Waals surface area (Å²) in [6.07, 6.45) is 0. The van der Waals surface area contributed by atoms with E-state index in [0.717, 1.165) is 28.0 Å². The maximum absolute atomic E-state index is 13.1. The lowest BCUT2D eigenvalue weighted by molar-refractivity contribution is 0.406. The highest BCUT2D eigenvalue weighted by Gasteiger charge is 2.23. The van der Waals surface area contributed by atoms with E-state index in [-0.39, 0.29) is 22.8 Å². The van der Waals surface area contributed by atoms with E-state index in [1.54, 1.807) is 32.4 Å². The molecule has 0 bridgehead atoms. The summed E-state index contributed by atoms with van der Waals surface area (Å²) in [5.74, 6) is 1.94. The molecule has 0 heterocycles. The number of aryl methyl sites for hydroxylation is 1. The second-order valence-electron chi connectivity index (χ2n) is 8.01. The van der Waals surface area contributed by atoms with Gasteiger partial charge in [-0.1, -0.05) is 27.7 Å². The van der Waals surface area contributed by atoms with E-state index in [9.17, 15) is 8.42 Å². The number of nitrogens with one attached hydrogen (secondary N) is 1. The highest BCUT2D eigenvalue weighted by Crippen LogP contribution is 2.33. The van der Waals surface area contributed by atoms with E-state index in [4.69, 9.17) is 9.47 Å². The van der Waals surface area contributed by atoms with Gasteiger partial charge in [0, 0.05) is 6.04 Å². The first-order valence-corrected chi connectivity index (χ1v) is 11.4. The first-order valence-electron chi connectivity index (χ1n) is 9.90. The Bertz CT molecular complexity index is 965. The average Bonchev–Trinajstić information content (AvgIpc) is 2.66. The molecular formula is C23H33NO4S. The van der Waals surface area contributed by atoms with Gasteiger partial charge in [0.2, 0.25) is 10.0 Å². The molecule has 2 aromatic carbocycles. The Morgan fingerprint density at radius 1 is 0.793 bits per heavy atom. The van der Waals surface area contributed by atoms with Gasteiger partial charge in [0.1, 0.15) is 11.5 Å². The van der Waals surface area contributed by atoms with Gasteiger partial charge in [0.05, 0.1) is 19.1 Å². The number of hydrogen-bond acceptors (Lipinski definition) is 4. The van der Waals surface area contributed by atoms with Crippen LogP contribution in [0.2, 0.25) is 0 Å². The van der Waals surface area contributed by atoms with Crippen molar-refractivity contribution in [1.29, 1.82) is 0 Å². The lowest BCUT2D eigenvalue weighted by Gasteiger charge is -2.21. The maximum Gasteiger partial charge on any atom is 0.241 e. The Balaban J connectivity index is 2.41. The van der Waals surface area contributed by atoms with E-state index in [1.807, 2.05) is 39.8 Å². The largest absolute Gasteiger partial charge is 0.496 e. The quantitative estimate of drug-likeness (QED) is 0.631. The van der Waals surface area contributed by atoms with Crippen molar-refractivity contribution in [2.45, 2.75) is 64.3 Å². The molecule has 0 radical (unpaired) electrons. The van der Waals surface area contributed by atoms with Crippen LogP contribution in [-0.4, -0.2) is 22.6 Å². The van der Waals surface area contributed by atoms with Crippen LogP contribution in [0.15, 0.2) is 35.2 Å². The molecule has 0 spiro atoms. The molecule has 0 aliphatic rings. The summed E-state index contributed by atoms with van der Waals surface area (Å²) in [6, 6.07) is 8.62. The summed E-state index contributed by atoms with van der Waals surface area (Å²) in [5.41, 5.74) is 3.85. The van der Waals surface area contributed by atoms with Crippen LogP contribution in [0.4, 0.5) is 0 Å². The Hall–Kier alpha value is -2.05. The monoisotopic (exact) mass is 419 g/mol. The van der Waals surface area contributed by atoms with E-state index < -0.39 is 10.0 Å². The number of hydrogen-bond donors (Lipinski definition) is 1. The van der Waals surface area contributed by atoms with E-state index >= 15 is 0 Å². The fraction of sp³-hybridized carbons (Fsp3) is 0.478. The van der Waals surface area contributed by atoms with Gasteiger partial charge in [-0.2, -0.15) is 0 Å². The van der Waals surface area contributed by atoms with Gasteiger partial charge in [-0.3, -0.25) is 0 Å². The average molecular weight is 420 g/mol. The Morgan fingerprint density at radius 2 is 1.34 bits per heavy atom. The normalized spacial score (nSPS) is 13.0. The molecule has 160 valence electrons. The van der Waals surface area contributed by atoms with Gasteiger partial charge in [-0.15, -0.1) is 0 Å². The maximum atomic E-state index is 13.1. The SMILES string of the molecule is COc1ccc(S(=O)(=O)NC(C)c2cc(C(C)C)c(OC)cc2C)cc1C(C)C. The van der Waals surface area contributed by atoms with Gasteiger partial charge in [-0.25, -0.2) is 13.1 Å². The molecule has 1 N–H and O–H groups in total. The summed E-state index contributed by atoms with van der Waals surface area (Å²) >= 11 is 0. The summed E-state index contributed by atoms with van der Waals surface area (Å²) in [4.78, 5) is 0.240. The third-order valence-corrected chi connectivity index (χ3v) is 6.71. The van der Waals surface area contributed by atoms with Gasteiger partial charge >= 0.3 is 0 Å². The van der Waals surface area contributed by atoms with Gasteiger partial charge < -0.3 is 9.47 Å². The van der Waals surface area contributed by atoms with E-state index in [1.165, 1.54) is 0 Å². The van der Waals surface area contributed by atoms with E-state index in [0.29, 0.717) is 5.75 Å². The number of benzene rings is 2. The van der Waals surface area contributed by atoms with Gasteiger partial charge in [0.25, 0.3) is 0 Å². The number of ether oxygens (including phenoxy) is 2. The van der Waals surface area contributed by atoms with Crippen molar-refractivity contribution in [2.24, 2.45) is 0 Å². The second-order valence-corrected chi connectivity index (χ2v) is 9.72. The highest BCUT2D eigenvalue weighted by atomic mass is 32.2. The minimum Gasteiger partial charge on any atom is -0.496 e. The van der Waals surface area contributed by atoms with E-state index in [2.05, 4.69) is 18.6 Å². The van der Waals surface area contributed by atoms with Crippen molar-refractivity contribution in [2.75, 3.05) is 14.2 Å². The lowest BCUT2D eigenvalue weighted by Crippen LogP contribution is -2.27. The molecule has 0 saturated carbocycles. The second kappa shape index (κ2) is 9.18. The minimum atomic E-state index is -3.69. The molecular weight excluding hydrogens is 386 g/mol. The third-order valence-electron chi connectivity index (χ3n) is 5.17. The fourth-order valence-electron chi connectivity index (χ4n) is 3.51. The molecule has 0 saturated heterocycles. The molecule has 0 amide bonds. The first-order chi connectivity index (χ1) is 13.5. The topological polar surface area (TPSA) is 64.6 Å². The molecule has 5 nitrogen and oxygen atoms in total. The molecule has 0 aromatic heterocycles. The summed E-state index contributed by atoms with van der Waals surface area (Å²) in [6.45, 7) is 12.0. The van der Waals surface area contributed by atoms with Crippen molar-refractivity contribution >= 4 is 10.0 Å². The van der Waals surface area contributed by atoms with Crippen LogP contribution >= 0.6 is 0 Å². The molecule has 0 fully saturated rings. The summed E-state index contributed by atoms with van der Waals surface area (Å²) in [5, 5.41) is 0. The van der Waals surface area contributed by atoms with Crippen LogP contribution in [0.3, 0.4) is 0 Å². The van der Waals surface area contributed by atoms with Crippen LogP contribution in [0.25, 0.3) is 0 Å². The molecule has 0 aliphatic heterocycles. The highest BCUT2D eigenvalue weighted by molar-refractivity contribution is 7.89. The molecule has 6 heteroatoms. The van der Waals surface area contributed by atoms with Crippen LogP contribution in [0.1, 0.15) is 74.8 Å². The fourth-order valence-corrected chi connectivity index (χ4v) is 4.76. The summed E-state index contributed by atoms with van der Waals surface area (Å²) in [7, 11) is -0.444. The van der Waals surface area contributed by atoms with Gasteiger partial charge in [0.15, 0.2) is 0 Å². The van der Waals surface area contributed by atoms with Crippen molar-refractivity contribution < 1.29 is 17.9 Å². The zero-order valence-electron chi connectivity index (χ0n) is 18.7. The minimum absolute atomic E-state index is 0.148. The molecule has 1 unspecified atom stereocenters. The van der Waals surface area contributed by atoms with Crippen LogP contribution in [0.5, 0.6) is 11.5 Å². The number of methoxy groups -OCH3 is 2. The van der Waals surface area contributed by atoms with Crippen molar-refractivity contribution in [1.82, 2.24) is 4.72 Å². The Labute approximate surface area is 175 Å². The van der Waals surface area contributed by atoms with Crippen LogP contribution in [0, 0.1) is 6.92 Å².